The first kappa shape index (κ1) is 18.7. The van der Waals surface area contributed by atoms with Gasteiger partial charge in [-0.25, -0.2) is 4.98 Å². The maximum Gasteiger partial charge on any atom is 0.234 e. The molecule has 0 unspecified atom stereocenters. The number of aromatic nitrogens is 1. The van der Waals surface area contributed by atoms with Crippen LogP contribution in [0.5, 0.6) is 0 Å². The van der Waals surface area contributed by atoms with Gasteiger partial charge in [-0.2, -0.15) is 0 Å². The first-order valence-corrected chi connectivity index (χ1v) is 10.5. The van der Waals surface area contributed by atoms with Gasteiger partial charge in [-0.05, 0) is 46.3 Å². The fraction of sp³-hybridized carbons (Fsp3) is 0.0588. The second-order valence-corrected chi connectivity index (χ2v) is 8.72. The summed E-state index contributed by atoms with van der Waals surface area (Å²) >= 11 is 18.4. The van der Waals surface area contributed by atoms with Gasteiger partial charge in [-0.3, -0.25) is 4.79 Å². The van der Waals surface area contributed by atoms with Crippen molar-refractivity contribution in [1.82, 2.24) is 4.98 Å². The van der Waals surface area contributed by atoms with Crippen molar-refractivity contribution in [2.75, 3.05) is 11.1 Å². The SMILES string of the molecule is O=C(CSc1nc(-c2ccc(Cl)cc2Cl)cs1)Nc1ccccc1Br. The Kier molecular flexibility index (Phi) is 6.41. The van der Waals surface area contributed by atoms with Crippen LogP contribution in [-0.2, 0) is 4.79 Å². The van der Waals surface area contributed by atoms with Crippen molar-refractivity contribution in [3.63, 3.8) is 0 Å². The summed E-state index contributed by atoms with van der Waals surface area (Å²) in [5.41, 5.74) is 2.35. The third-order valence-corrected chi connectivity index (χ3v) is 6.43. The zero-order valence-corrected chi connectivity index (χ0v) is 17.4. The molecular weight excluding hydrogens is 463 g/mol. The number of nitrogens with one attached hydrogen (secondary N) is 1. The topological polar surface area (TPSA) is 42.0 Å². The summed E-state index contributed by atoms with van der Waals surface area (Å²) in [5, 5.41) is 5.93. The van der Waals surface area contributed by atoms with E-state index in [9.17, 15) is 4.79 Å². The van der Waals surface area contributed by atoms with E-state index >= 15 is 0 Å². The van der Waals surface area contributed by atoms with Crippen LogP contribution in [0.1, 0.15) is 0 Å². The van der Waals surface area contributed by atoms with Crippen molar-refractivity contribution >= 4 is 73.8 Å². The molecule has 1 heterocycles. The maximum atomic E-state index is 12.1. The predicted octanol–water partition coefficient (Wildman–Crippen LogP) is 6.61. The number of amides is 1. The minimum Gasteiger partial charge on any atom is -0.324 e. The van der Waals surface area contributed by atoms with E-state index in [4.69, 9.17) is 23.2 Å². The molecule has 3 aromatic rings. The van der Waals surface area contributed by atoms with Gasteiger partial charge in [0.2, 0.25) is 5.91 Å². The molecule has 128 valence electrons. The van der Waals surface area contributed by atoms with Crippen LogP contribution >= 0.6 is 62.2 Å². The van der Waals surface area contributed by atoms with Crippen LogP contribution in [0, 0.1) is 0 Å². The van der Waals surface area contributed by atoms with Crippen LogP contribution in [0.3, 0.4) is 0 Å². The number of thiazole rings is 1. The molecule has 0 aliphatic heterocycles. The Morgan fingerprint density at radius 2 is 2.04 bits per heavy atom. The Morgan fingerprint density at radius 3 is 2.80 bits per heavy atom. The largest absolute Gasteiger partial charge is 0.324 e. The highest BCUT2D eigenvalue weighted by atomic mass is 79.9. The predicted molar refractivity (Wildman–Crippen MR) is 111 cm³/mol. The van der Waals surface area contributed by atoms with Crippen molar-refractivity contribution in [1.29, 1.82) is 0 Å². The Labute approximate surface area is 171 Å². The number of para-hydroxylation sites is 1. The molecule has 0 bridgehead atoms. The van der Waals surface area contributed by atoms with Gasteiger partial charge in [-0.15, -0.1) is 11.3 Å². The number of nitrogens with zero attached hydrogens (tertiary/aromatic N) is 1. The Bertz CT molecular complexity index is 917. The lowest BCUT2D eigenvalue weighted by molar-refractivity contribution is -0.113. The van der Waals surface area contributed by atoms with E-state index in [0.29, 0.717) is 10.0 Å². The van der Waals surface area contributed by atoms with Crippen LogP contribution in [0.4, 0.5) is 5.69 Å². The molecule has 3 nitrogen and oxygen atoms in total. The second kappa shape index (κ2) is 8.56. The van der Waals surface area contributed by atoms with Gasteiger partial charge in [-0.1, -0.05) is 47.1 Å². The van der Waals surface area contributed by atoms with Crippen LogP contribution in [0.25, 0.3) is 11.3 Å². The molecule has 0 radical (unpaired) electrons. The normalized spacial score (nSPS) is 10.7. The van der Waals surface area contributed by atoms with Gasteiger partial charge in [0.25, 0.3) is 0 Å². The quantitative estimate of drug-likeness (QED) is 0.424. The molecule has 1 aromatic heterocycles. The summed E-state index contributed by atoms with van der Waals surface area (Å²) in [6, 6.07) is 12.8. The molecule has 0 atom stereocenters. The molecule has 25 heavy (non-hydrogen) atoms. The number of rotatable bonds is 5. The monoisotopic (exact) mass is 472 g/mol. The zero-order chi connectivity index (χ0) is 17.8. The highest BCUT2D eigenvalue weighted by Crippen LogP contribution is 2.33. The van der Waals surface area contributed by atoms with E-state index in [1.54, 1.807) is 12.1 Å². The molecule has 0 saturated heterocycles. The first-order chi connectivity index (χ1) is 12.0. The summed E-state index contributed by atoms with van der Waals surface area (Å²) in [6.45, 7) is 0. The fourth-order valence-corrected chi connectivity index (χ4v) is 4.54. The minimum atomic E-state index is -0.0850. The zero-order valence-electron chi connectivity index (χ0n) is 12.6. The minimum absolute atomic E-state index is 0.0850. The fourth-order valence-electron chi connectivity index (χ4n) is 2.02. The average Bonchev–Trinajstić information content (AvgIpc) is 3.04. The lowest BCUT2D eigenvalue weighted by Gasteiger charge is -2.06. The van der Waals surface area contributed by atoms with Crippen molar-refractivity contribution in [3.05, 3.63) is 62.4 Å². The van der Waals surface area contributed by atoms with Crippen molar-refractivity contribution < 1.29 is 4.79 Å². The lowest BCUT2D eigenvalue weighted by Crippen LogP contribution is -2.14. The Balaban J connectivity index is 1.62. The smallest absolute Gasteiger partial charge is 0.234 e. The number of carbonyl (C=O) groups excluding carboxylic acids is 1. The number of halogens is 3. The van der Waals surface area contributed by atoms with Crippen LogP contribution in [0.2, 0.25) is 10.0 Å². The number of hydrogen-bond donors (Lipinski definition) is 1. The third kappa shape index (κ3) is 4.99. The summed E-state index contributed by atoms with van der Waals surface area (Å²) in [4.78, 5) is 16.6. The van der Waals surface area contributed by atoms with E-state index < -0.39 is 0 Å². The van der Waals surface area contributed by atoms with E-state index in [1.165, 1.54) is 23.1 Å². The molecule has 1 N–H and O–H groups in total. The van der Waals surface area contributed by atoms with Crippen LogP contribution in [-0.4, -0.2) is 16.6 Å². The molecule has 3 rings (SSSR count). The van der Waals surface area contributed by atoms with Gasteiger partial charge in [0.1, 0.15) is 0 Å². The first-order valence-electron chi connectivity index (χ1n) is 7.11. The molecular formula is C17H11BrCl2N2OS2. The third-order valence-electron chi connectivity index (χ3n) is 3.16. The van der Waals surface area contributed by atoms with Gasteiger partial charge in [0.05, 0.1) is 22.2 Å². The van der Waals surface area contributed by atoms with E-state index in [-0.39, 0.29) is 11.7 Å². The number of thioether (sulfide) groups is 1. The van der Waals surface area contributed by atoms with Gasteiger partial charge in [0, 0.05) is 20.4 Å². The average molecular weight is 474 g/mol. The summed E-state index contributed by atoms with van der Waals surface area (Å²) in [7, 11) is 0. The van der Waals surface area contributed by atoms with E-state index in [2.05, 4.69) is 26.2 Å². The molecule has 0 fully saturated rings. The van der Waals surface area contributed by atoms with Crippen molar-refractivity contribution in [2.24, 2.45) is 0 Å². The van der Waals surface area contributed by atoms with Crippen molar-refractivity contribution in [2.45, 2.75) is 4.34 Å². The molecule has 0 aliphatic rings. The number of carbonyl (C=O) groups is 1. The van der Waals surface area contributed by atoms with Gasteiger partial charge >= 0.3 is 0 Å². The summed E-state index contributed by atoms with van der Waals surface area (Å²) in [5.74, 6) is 0.195. The second-order valence-electron chi connectivity index (χ2n) is 4.94. The molecule has 1 amide bonds. The summed E-state index contributed by atoms with van der Waals surface area (Å²) < 4.78 is 1.66. The molecule has 0 spiro atoms. The highest BCUT2D eigenvalue weighted by molar-refractivity contribution is 9.10. The molecule has 0 aliphatic carbocycles. The maximum absolute atomic E-state index is 12.1. The van der Waals surface area contributed by atoms with E-state index in [0.717, 1.165) is 25.8 Å². The van der Waals surface area contributed by atoms with Gasteiger partial charge < -0.3 is 5.32 Å². The number of anilines is 1. The standard InChI is InChI=1S/C17H11BrCl2N2OS2/c18-12-3-1-2-4-14(12)21-16(23)9-25-17-22-15(8-24-17)11-6-5-10(19)7-13(11)20/h1-8H,9H2,(H,21,23). The summed E-state index contributed by atoms with van der Waals surface area (Å²) in [6.07, 6.45) is 0. The molecule has 8 heteroatoms. The highest BCUT2D eigenvalue weighted by Gasteiger charge is 2.11. The Hall–Kier alpha value is -1.05. The van der Waals surface area contributed by atoms with Gasteiger partial charge in [0.15, 0.2) is 4.34 Å². The molecule has 0 saturated carbocycles. The number of benzene rings is 2. The Morgan fingerprint density at radius 1 is 1.24 bits per heavy atom. The van der Waals surface area contributed by atoms with E-state index in [1.807, 2.05) is 35.7 Å². The van der Waals surface area contributed by atoms with Crippen LogP contribution in [0.15, 0.2) is 56.7 Å². The lowest BCUT2D eigenvalue weighted by atomic mass is 10.2. The van der Waals surface area contributed by atoms with Crippen LogP contribution < -0.4 is 5.32 Å². The molecule has 2 aromatic carbocycles. The number of hydrogen-bond acceptors (Lipinski definition) is 4. The van der Waals surface area contributed by atoms with Crippen molar-refractivity contribution in [3.8, 4) is 11.3 Å².